The first-order valence-electron chi connectivity index (χ1n) is 13.7. The molecule has 9 heteroatoms. The normalized spacial score (nSPS) is 13.2. The van der Waals surface area contributed by atoms with Gasteiger partial charge in [0.15, 0.2) is 0 Å². The van der Waals surface area contributed by atoms with E-state index in [0.29, 0.717) is 36.3 Å². The Kier molecular flexibility index (Phi) is 11.4. The average Bonchev–Trinajstić information content (AvgIpc) is 3.46. The van der Waals surface area contributed by atoms with Crippen LogP contribution in [0.15, 0.2) is 71.5 Å². The smallest absolute Gasteiger partial charge is 0.253 e. The van der Waals surface area contributed by atoms with Crippen LogP contribution in [-0.4, -0.2) is 47.8 Å². The van der Waals surface area contributed by atoms with Gasteiger partial charge in [-0.2, -0.15) is 0 Å². The number of carbonyl (C=O) groups is 3. The number of nitrogens with one attached hydrogen (secondary N) is 2. The van der Waals surface area contributed by atoms with E-state index in [2.05, 4.69) is 10.6 Å². The first-order valence-corrected chi connectivity index (χ1v) is 13.7. The summed E-state index contributed by atoms with van der Waals surface area (Å²) in [6, 6.07) is 12.9. The van der Waals surface area contributed by atoms with E-state index in [1.807, 2.05) is 13.8 Å². The Hall–Kier alpha value is -3.98. The summed E-state index contributed by atoms with van der Waals surface area (Å²) in [5, 5.41) is 5.78. The Morgan fingerprint density at radius 1 is 1.00 bits per heavy atom. The van der Waals surface area contributed by atoms with Gasteiger partial charge < -0.3 is 25.7 Å². The Labute approximate surface area is 235 Å². The van der Waals surface area contributed by atoms with Gasteiger partial charge in [0.05, 0.1) is 12.5 Å². The number of halogens is 1. The van der Waals surface area contributed by atoms with Gasteiger partial charge in [-0.25, -0.2) is 4.39 Å². The second-order valence-electron chi connectivity index (χ2n) is 10.1. The van der Waals surface area contributed by atoms with Crippen molar-refractivity contribution in [3.05, 3.63) is 89.6 Å². The minimum Gasteiger partial charge on any atom is -0.472 e. The number of benzene rings is 2. The van der Waals surface area contributed by atoms with Gasteiger partial charge in [-0.1, -0.05) is 26.8 Å². The number of nitrogens with two attached hydrogens (primary N) is 1. The molecule has 1 aromatic heterocycles. The second kappa shape index (κ2) is 15.0. The molecule has 0 saturated heterocycles. The van der Waals surface area contributed by atoms with Crippen LogP contribution in [0.1, 0.15) is 66.3 Å². The molecule has 3 amide bonds. The molecule has 214 valence electrons. The van der Waals surface area contributed by atoms with Crippen molar-refractivity contribution < 1.29 is 23.2 Å². The van der Waals surface area contributed by atoms with Crippen molar-refractivity contribution in [1.82, 2.24) is 10.2 Å². The highest BCUT2D eigenvalue weighted by molar-refractivity contribution is 5.99. The van der Waals surface area contributed by atoms with E-state index in [4.69, 9.17) is 10.2 Å². The lowest BCUT2D eigenvalue weighted by molar-refractivity contribution is -0.119. The topological polar surface area (TPSA) is 118 Å². The van der Waals surface area contributed by atoms with E-state index in [1.54, 1.807) is 54.7 Å². The summed E-state index contributed by atoms with van der Waals surface area (Å²) in [6.07, 6.45) is 5.52. The molecule has 0 radical (unpaired) electrons. The van der Waals surface area contributed by atoms with Crippen LogP contribution in [0.25, 0.3) is 0 Å². The number of hydrogen-bond donors (Lipinski definition) is 3. The number of nitrogens with zero attached hydrogens (tertiary/aromatic N) is 1. The standard InChI is InChI=1S/C31H39FN4O4/c1-4-14-36(15-5-2)31(39)24-8-6-7-23(19-24)30(38)35-28(18-22-13-16-40-20-22)27(33)17-21(3)29(37)34-26-11-9-25(32)10-12-26/h6-13,16,19-21,27-28H,4-5,14-15,17-18,33H2,1-3H3,(H,34,37)(H,35,38)/t21-,27+,28+/m1/s1. The van der Waals surface area contributed by atoms with Gasteiger partial charge in [0.1, 0.15) is 5.82 Å². The number of anilines is 1. The summed E-state index contributed by atoms with van der Waals surface area (Å²) >= 11 is 0. The molecular formula is C31H39FN4O4. The van der Waals surface area contributed by atoms with Crippen LogP contribution in [0.3, 0.4) is 0 Å². The molecule has 3 rings (SSSR count). The Balaban J connectivity index is 1.72. The van der Waals surface area contributed by atoms with Crippen molar-refractivity contribution >= 4 is 23.4 Å². The molecule has 3 atom stereocenters. The van der Waals surface area contributed by atoms with Crippen LogP contribution in [0, 0.1) is 11.7 Å². The number of hydrogen-bond acceptors (Lipinski definition) is 5. The van der Waals surface area contributed by atoms with Crippen LogP contribution >= 0.6 is 0 Å². The summed E-state index contributed by atoms with van der Waals surface area (Å²) < 4.78 is 18.4. The van der Waals surface area contributed by atoms with E-state index in [0.717, 1.165) is 18.4 Å². The summed E-state index contributed by atoms with van der Waals surface area (Å²) in [6.45, 7) is 7.10. The van der Waals surface area contributed by atoms with Crippen molar-refractivity contribution in [3.63, 3.8) is 0 Å². The Morgan fingerprint density at radius 3 is 2.30 bits per heavy atom. The first-order chi connectivity index (χ1) is 19.2. The van der Waals surface area contributed by atoms with Gasteiger partial charge >= 0.3 is 0 Å². The van der Waals surface area contributed by atoms with Crippen molar-refractivity contribution in [2.75, 3.05) is 18.4 Å². The Bertz CT molecular complexity index is 1240. The molecule has 2 aromatic carbocycles. The first kappa shape index (κ1) is 30.6. The van der Waals surface area contributed by atoms with Gasteiger partial charge in [-0.05, 0) is 79.8 Å². The number of carbonyl (C=O) groups excluding carboxylic acids is 3. The van der Waals surface area contributed by atoms with E-state index in [9.17, 15) is 18.8 Å². The third-order valence-corrected chi connectivity index (χ3v) is 6.70. The minimum absolute atomic E-state index is 0.106. The molecule has 8 nitrogen and oxygen atoms in total. The van der Waals surface area contributed by atoms with Gasteiger partial charge in [0.2, 0.25) is 5.91 Å². The van der Waals surface area contributed by atoms with E-state index in [1.165, 1.54) is 24.3 Å². The van der Waals surface area contributed by atoms with Crippen molar-refractivity contribution in [2.24, 2.45) is 11.7 Å². The van der Waals surface area contributed by atoms with Crippen molar-refractivity contribution in [3.8, 4) is 0 Å². The Morgan fingerprint density at radius 2 is 1.68 bits per heavy atom. The summed E-state index contributed by atoms with van der Waals surface area (Å²) in [4.78, 5) is 41.0. The van der Waals surface area contributed by atoms with E-state index < -0.39 is 18.0 Å². The maximum atomic E-state index is 13.3. The van der Waals surface area contributed by atoms with Gasteiger partial charge in [0, 0.05) is 47.9 Å². The third-order valence-electron chi connectivity index (χ3n) is 6.70. The maximum absolute atomic E-state index is 13.3. The lowest BCUT2D eigenvalue weighted by Crippen LogP contribution is -2.50. The zero-order chi connectivity index (χ0) is 29.1. The molecule has 0 bridgehead atoms. The molecule has 0 fully saturated rings. The molecule has 0 unspecified atom stereocenters. The number of rotatable bonds is 14. The fourth-order valence-corrected chi connectivity index (χ4v) is 4.53. The van der Waals surface area contributed by atoms with Crippen molar-refractivity contribution in [2.45, 2.75) is 58.5 Å². The lowest BCUT2D eigenvalue weighted by atomic mass is 9.92. The molecule has 0 spiro atoms. The van der Waals surface area contributed by atoms with Crippen LogP contribution in [0.4, 0.5) is 10.1 Å². The van der Waals surface area contributed by atoms with Crippen LogP contribution in [-0.2, 0) is 11.2 Å². The van der Waals surface area contributed by atoms with Gasteiger partial charge in [-0.3, -0.25) is 14.4 Å². The lowest BCUT2D eigenvalue weighted by Gasteiger charge is -2.27. The monoisotopic (exact) mass is 550 g/mol. The number of furan rings is 1. The molecular weight excluding hydrogens is 511 g/mol. The molecule has 4 N–H and O–H groups in total. The SMILES string of the molecule is CCCN(CCC)C(=O)c1cccc(C(=O)N[C@@H](Cc2ccoc2)[C@@H](N)C[C@@H](C)C(=O)Nc2ccc(F)cc2)c1. The maximum Gasteiger partial charge on any atom is 0.253 e. The summed E-state index contributed by atoms with van der Waals surface area (Å²) in [5.41, 5.74) is 8.71. The van der Waals surface area contributed by atoms with E-state index in [-0.39, 0.29) is 30.0 Å². The number of amides is 3. The van der Waals surface area contributed by atoms with Crippen LogP contribution in [0.2, 0.25) is 0 Å². The quantitative estimate of drug-likeness (QED) is 0.261. The molecule has 0 aliphatic heterocycles. The third kappa shape index (κ3) is 8.77. The van der Waals surface area contributed by atoms with Crippen LogP contribution in [0.5, 0.6) is 0 Å². The largest absolute Gasteiger partial charge is 0.472 e. The fourth-order valence-electron chi connectivity index (χ4n) is 4.53. The van der Waals surface area contributed by atoms with Gasteiger partial charge in [0.25, 0.3) is 11.8 Å². The predicted octanol–water partition coefficient (Wildman–Crippen LogP) is 5.01. The predicted molar refractivity (Wildman–Crippen MR) is 153 cm³/mol. The zero-order valence-electron chi connectivity index (χ0n) is 23.4. The summed E-state index contributed by atoms with van der Waals surface area (Å²) in [5.74, 6) is -1.59. The van der Waals surface area contributed by atoms with E-state index >= 15 is 0 Å². The molecule has 0 saturated carbocycles. The minimum atomic E-state index is -0.567. The molecule has 40 heavy (non-hydrogen) atoms. The molecule has 0 aliphatic carbocycles. The van der Waals surface area contributed by atoms with Gasteiger partial charge in [-0.15, -0.1) is 0 Å². The molecule has 0 aliphatic rings. The molecule has 3 aromatic rings. The van der Waals surface area contributed by atoms with Crippen molar-refractivity contribution in [1.29, 1.82) is 0 Å². The highest BCUT2D eigenvalue weighted by Gasteiger charge is 2.26. The van der Waals surface area contributed by atoms with Crippen LogP contribution < -0.4 is 16.4 Å². The fraction of sp³-hybridized carbons (Fsp3) is 0.387. The average molecular weight is 551 g/mol. The zero-order valence-corrected chi connectivity index (χ0v) is 23.4. The second-order valence-corrected chi connectivity index (χ2v) is 10.1. The highest BCUT2D eigenvalue weighted by atomic mass is 19.1. The molecule has 1 heterocycles. The summed E-state index contributed by atoms with van der Waals surface area (Å²) in [7, 11) is 0. The highest BCUT2D eigenvalue weighted by Crippen LogP contribution is 2.17.